The molecule has 0 aliphatic carbocycles. The van der Waals surface area contributed by atoms with Gasteiger partial charge in [-0.15, -0.1) is 0 Å². The molecular formula is C19H34O10P-. The second-order valence-corrected chi connectivity index (χ2v) is 9.81. The molecular weight excluding hydrogens is 419 g/mol. The number of phosphoric ester groups is 1. The Labute approximate surface area is 177 Å². The van der Waals surface area contributed by atoms with Gasteiger partial charge in [-0.05, 0) is 41.5 Å². The summed E-state index contributed by atoms with van der Waals surface area (Å²) in [6, 6.07) is 0. The maximum atomic E-state index is 12.5. The van der Waals surface area contributed by atoms with E-state index < -0.39 is 44.3 Å². The predicted molar refractivity (Wildman–Crippen MR) is 104 cm³/mol. The van der Waals surface area contributed by atoms with E-state index in [4.69, 9.17) is 28.0 Å². The summed E-state index contributed by atoms with van der Waals surface area (Å²) < 4.78 is 44.8. The Morgan fingerprint density at radius 1 is 1.20 bits per heavy atom. The van der Waals surface area contributed by atoms with E-state index in [1.54, 1.807) is 27.7 Å². The lowest BCUT2D eigenvalue weighted by Gasteiger charge is -2.36. The maximum Gasteiger partial charge on any atom is 0.343 e. The molecule has 2 heterocycles. The Morgan fingerprint density at radius 3 is 2.43 bits per heavy atom. The van der Waals surface area contributed by atoms with Gasteiger partial charge in [0.25, 0.3) is 0 Å². The zero-order chi connectivity index (χ0) is 22.7. The quantitative estimate of drug-likeness (QED) is 0.483. The number of hydrogen-bond acceptors (Lipinski definition) is 10. The number of carbonyl (C=O) groups excluding carboxylic acids is 1. The van der Waals surface area contributed by atoms with E-state index in [1.807, 2.05) is 13.8 Å². The first-order valence-electron chi connectivity index (χ1n) is 10.3. The molecule has 2 rings (SSSR count). The molecule has 0 aromatic carbocycles. The van der Waals surface area contributed by atoms with Crippen LogP contribution in [0, 0.1) is 0 Å². The standard InChI is InChI=1S/C19H35O10P/c1-11(2)24-10-19(9-20)16(8-14(6)27-19)28-30(22,23)29-18(21)17-15(25-12(3)4)7-13(5)26-17/h11-17,20H,7-10H2,1-6H3,(H,22,23)/p-1/t13-,14-,15+,16+,17-,19+/m0/s1. The molecule has 2 aliphatic rings. The van der Waals surface area contributed by atoms with Gasteiger partial charge in [0.2, 0.25) is 0 Å². The Morgan fingerprint density at radius 2 is 1.87 bits per heavy atom. The van der Waals surface area contributed by atoms with Crippen LogP contribution in [0.15, 0.2) is 0 Å². The van der Waals surface area contributed by atoms with Gasteiger partial charge in [-0.25, -0.2) is 4.79 Å². The summed E-state index contributed by atoms with van der Waals surface area (Å²) in [7, 11) is -5.08. The fourth-order valence-electron chi connectivity index (χ4n) is 3.67. The molecule has 0 aromatic heterocycles. The number of rotatable bonds is 10. The Bertz CT molecular complexity index is 626. The highest BCUT2D eigenvalue weighted by atomic mass is 31.2. The van der Waals surface area contributed by atoms with Crippen molar-refractivity contribution in [3.8, 4) is 0 Å². The SMILES string of the molecule is CC(C)OC[C@@]1(CO)O[C@@H](C)C[C@H]1OP(=O)([O-])OC(=O)[C@H]1O[C@@H](C)C[C@H]1OC(C)C. The van der Waals surface area contributed by atoms with Crippen molar-refractivity contribution in [3.63, 3.8) is 0 Å². The molecule has 7 atom stereocenters. The van der Waals surface area contributed by atoms with Crippen molar-refractivity contribution in [3.05, 3.63) is 0 Å². The van der Waals surface area contributed by atoms with Crippen LogP contribution in [0.2, 0.25) is 0 Å². The van der Waals surface area contributed by atoms with Crippen molar-refractivity contribution in [1.29, 1.82) is 0 Å². The van der Waals surface area contributed by atoms with Crippen molar-refractivity contribution < 1.29 is 47.4 Å². The molecule has 10 nitrogen and oxygen atoms in total. The molecule has 2 saturated heterocycles. The second-order valence-electron chi connectivity index (χ2n) is 8.52. The van der Waals surface area contributed by atoms with E-state index in [0.717, 1.165) is 0 Å². The number of aliphatic hydroxyl groups excluding tert-OH is 1. The molecule has 0 radical (unpaired) electrons. The van der Waals surface area contributed by atoms with E-state index in [1.165, 1.54) is 0 Å². The monoisotopic (exact) mass is 453 g/mol. The van der Waals surface area contributed by atoms with Crippen LogP contribution in [0.3, 0.4) is 0 Å². The average molecular weight is 453 g/mol. The third-order valence-corrected chi connectivity index (χ3v) is 5.83. The Balaban J connectivity index is 2.07. The number of carbonyl (C=O) groups is 1. The van der Waals surface area contributed by atoms with Crippen molar-refractivity contribution >= 4 is 13.8 Å². The van der Waals surface area contributed by atoms with E-state index in [0.29, 0.717) is 6.42 Å². The minimum Gasteiger partial charge on any atom is -0.746 e. The zero-order valence-corrected chi connectivity index (χ0v) is 19.3. The molecule has 0 bridgehead atoms. The normalized spacial score (nSPS) is 36.4. The smallest absolute Gasteiger partial charge is 0.343 e. The van der Waals surface area contributed by atoms with Crippen LogP contribution in [0.5, 0.6) is 0 Å². The molecule has 2 aliphatic heterocycles. The highest BCUT2D eigenvalue weighted by Crippen LogP contribution is 2.47. The van der Waals surface area contributed by atoms with Crippen LogP contribution in [0.25, 0.3) is 0 Å². The first-order chi connectivity index (χ1) is 13.9. The van der Waals surface area contributed by atoms with Gasteiger partial charge in [0.05, 0.1) is 43.7 Å². The van der Waals surface area contributed by atoms with Crippen molar-refractivity contribution in [2.45, 2.75) is 103 Å². The summed E-state index contributed by atoms with van der Waals surface area (Å²) in [5.41, 5.74) is -1.38. The largest absolute Gasteiger partial charge is 0.746 e. The number of phosphoric acid groups is 1. The second kappa shape index (κ2) is 10.4. The van der Waals surface area contributed by atoms with Crippen LogP contribution in [0.4, 0.5) is 0 Å². The van der Waals surface area contributed by atoms with Gasteiger partial charge in [0.1, 0.15) is 11.7 Å². The topological polar surface area (TPSA) is 133 Å². The lowest BCUT2D eigenvalue weighted by atomic mass is 9.98. The van der Waals surface area contributed by atoms with Gasteiger partial charge in [-0.2, -0.15) is 0 Å². The fourth-order valence-corrected chi connectivity index (χ4v) is 4.62. The summed E-state index contributed by atoms with van der Waals surface area (Å²) in [4.78, 5) is 25.0. The highest BCUT2D eigenvalue weighted by Gasteiger charge is 2.51. The van der Waals surface area contributed by atoms with E-state index in [-0.39, 0.29) is 37.4 Å². The fraction of sp³-hybridized carbons (Fsp3) is 0.947. The molecule has 176 valence electrons. The van der Waals surface area contributed by atoms with E-state index in [2.05, 4.69) is 0 Å². The lowest BCUT2D eigenvalue weighted by Crippen LogP contribution is -2.49. The van der Waals surface area contributed by atoms with Gasteiger partial charge >= 0.3 is 13.8 Å². The van der Waals surface area contributed by atoms with Crippen molar-refractivity contribution in [2.24, 2.45) is 0 Å². The minimum absolute atomic E-state index is 0.0718. The average Bonchev–Trinajstić information content (AvgIpc) is 3.11. The summed E-state index contributed by atoms with van der Waals surface area (Å²) in [5, 5.41) is 9.90. The van der Waals surface area contributed by atoms with Crippen molar-refractivity contribution in [2.75, 3.05) is 13.2 Å². The molecule has 11 heteroatoms. The van der Waals surface area contributed by atoms with Crippen LogP contribution in [-0.2, 0) is 37.4 Å². The summed E-state index contributed by atoms with van der Waals surface area (Å²) in [6.07, 6.45) is -3.22. The molecule has 0 spiro atoms. The lowest BCUT2D eigenvalue weighted by molar-refractivity contribution is -0.238. The first-order valence-corrected chi connectivity index (χ1v) is 11.8. The van der Waals surface area contributed by atoms with Crippen LogP contribution < -0.4 is 4.89 Å². The van der Waals surface area contributed by atoms with Gasteiger partial charge in [0, 0.05) is 12.8 Å². The van der Waals surface area contributed by atoms with Gasteiger partial charge in [-0.1, -0.05) is 0 Å². The van der Waals surface area contributed by atoms with E-state index in [9.17, 15) is 19.4 Å². The zero-order valence-electron chi connectivity index (χ0n) is 18.4. The predicted octanol–water partition coefficient (Wildman–Crippen LogP) is 1.32. The first kappa shape index (κ1) is 25.7. The molecule has 0 amide bonds. The molecule has 0 aromatic rings. The highest BCUT2D eigenvalue weighted by molar-refractivity contribution is 7.46. The molecule has 0 saturated carbocycles. The molecule has 30 heavy (non-hydrogen) atoms. The van der Waals surface area contributed by atoms with Crippen LogP contribution in [-0.4, -0.2) is 72.6 Å². The minimum atomic E-state index is -5.08. The van der Waals surface area contributed by atoms with Gasteiger partial charge < -0.3 is 38.0 Å². The van der Waals surface area contributed by atoms with E-state index >= 15 is 0 Å². The third kappa shape index (κ3) is 6.71. The Kier molecular flexibility index (Phi) is 8.87. The maximum absolute atomic E-state index is 12.5. The number of hydrogen-bond donors (Lipinski definition) is 1. The van der Waals surface area contributed by atoms with Crippen molar-refractivity contribution in [1.82, 2.24) is 0 Å². The number of ether oxygens (including phenoxy) is 4. The molecule has 2 fully saturated rings. The van der Waals surface area contributed by atoms with Gasteiger partial charge in [-0.3, -0.25) is 4.57 Å². The summed E-state index contributed by atoms with van der Waals surface area (Å²) in [5.74, 6) is -1.09. The summed E-state index contributed by atoms with van der Waals surface area (Å²) >= 11 is 0. The van der Waals surface area contributed by atoms with Crippen LogP contribution >= 0.6 is 7.82 Å². The summed E-state index contributed by atoms with van der Waals surface area (Å²) in [6.45, 7) is 10.1. The van der Waals surface area contributed by atoms with Crippen LogP contribution in [0.1, 0.15) is 54.4 Å². The Hall–Kier alpha value is -0.580. The van der Waals surface area contributed by atoms with Gasteiger partial charge in [0.15, 0.2) is 6.10 Å². The third-order valence-electron chi connectivity index (χ3n) is 4.92. The molecule has 1 N–H and O–H groups in total. The number of aliphatic hydroxyl groups is 1. The molecule has 1 unspecified atom stereocenters.